The Labute approximate surface area is 231 Å². The first-order valence-electron chi connectivity index (χ1n) is 14.1. The number of unbranched alkanes of at least 4 members (excludes halogenated alkanes) is 2. The number of fused-ring (bicyclic) bond motifs is 1. The van der Waals surface area contributed by atoms with Crippen LogP contribution < -0.4 is 19.5 Å². The van der Waals surface area contributed by atoms with Gasteiger partial charge in [0.25, 0.3) is 0 Å². The lowest BCUT2D eigenvalue weighted by atomic mass is 10.0. The molecule has 1 N–H and O–H groups in total. The summed E-state index contributed by atoms with van der Waals surface area (Å²) in [5, 5.41) is 3.30. The zero-order chi connectivity index (χ0) is 27.5. The number of amides is 1. The van der Waals surface area contributed by atoms with Gasteiger partial charge >= 0.3 is 0 Å². The molecule has 0 spiro atoms. The number of hydrogen-bond acceptors (Lipinski definition) is 7. The Morgan fingerprint density at radius 1 is 1.00 bits per heavy atom. The highest BCUT2D eigenvalue weighted by Gasteiger charge is 2.27. The van der Waals surface area contributed by atoms with E-state index in [0.29, 0.717) is 44.3 Å². The normalized spacial score (nSPS) is 17.5. The summed E-state index contributed by atoms with van der Waals surface area (Å²) >= 11 is 0. The Kier molecular flexibility index (Phi) is 11.0. The van der Waals surface area contributed by atoms with Crippen LogP contribution in [0, 0.1) is 0 Å². The third-order valence-electron chi connectivity index (χ3n) is 7.49. The smallest absolute Gasteiger partial charge is 0.220 e. The fourth-order valence-corrected chi connectivity index (χ4v) is 5.43. The van der Waals surface area contributed by atoms with Gasteiger partial charge in [0.2, 0.25) is 5.91 Å². The predicted molar refractivity (Wildman–Crippen MR) is 150 cm³/mol. The Morgan fingerprint density at radius 3 is 2.54 bits per heavy atom. The topological polar surface area (TPSA) is 86.3 Å². The first-order chi connectivity index (χ1) is 19.1. The van der Waals surface area contributed by atoms with Crippen LogP contribution in [0.1, 0.15) is 60.9 Å². The van der Waals surface area contributed by atoms with E-state index in [4.69, 9.17) is 18.9 Å². The molecule has 2 aromatic rings. The van der Waals surface area contributed by atoms with Gasteiger partial charge in [-0.05, 0) is 80.6 Å². The van der Waals surface area contributed by atoms with Crippen molar-refractivity contribution in [3.8, 4) is 17.2 Å². The van der Waals surface area contributed by atoms with Crippen LogP contribution in [0.15, 0.2) is 42.5 Å². The first kappa shape index (κ1) is 28.9. The van der Waals surface area contributed by atoms with Crippen molar-refractivity contribution in [2.24, 2.45) is 0 Å². The van der Waals surface area contributed by atoms with Gasteiger partial charge in [0, 0.05) is 44.1 Å². The maximum absolute atomic E-state index is 13.0. The van der Waals surface area contributed by atoms with Crippen molar-refractivity contribution < 1.29 is 28.5 Å². The van der Waals surface area contributed by atoms with Gasteiger partial charge in [-0.15, -0.1) is 0 Å². The number of Topliss-reactive ketones (excluding diaryl/α,β-unsaturated/α-hetero) is 1. The summed E-state index contributed by atoms with van der Waals surface area (Å²) in [6, 6.07) is 13.6. The largest absolute Gasteiger partial charge is 0.497 e. The molecule has 8 heteroatoms. The molecule has 2 heterocycles. The number of likely N-dealkylation sites (tertiary alicyclic amines) is 1. The molecule has 2 aromatic carbocycles. The molecule has 0 aliphatic carbocycles. The summed E-state index contributed by atoms with van der Waals surface area (Å²) in [7, 11) is 3.35. The quantitative estimate of drug-likeness (QED) is 0.265. The molecule has 1 fully saturated rings. The molecular weight excluding hydrogens is 496 g/mol. The summed E-state index contributed by atoms with van der Waals surface area (Å²) in [4.78, 5) is 27.8. The van der Waals surface area contributed by atoms with Crippen LogP contribution in [-0.4, -0.2) is 75.8 Å². The highest BCUT2D eigenvalue weighted by atomic mass is 16.6. The predicted octanol–water partition coefficient (Wildman–Crippen LogP) is 4.44. The first-order valence-corrected chi connectivity index (χ1v) is 14.1. The average Bonchev–Trinajstić information content (AvgIpc) is 3.39. The molecule has 2 aliphatic heterocycles. The molecule has 39 heavy (non-hydrogen) atoms. The molecular formula is C31H42N2O6. The van der Waals surface area contributed by atoms with E-state index in [9.17, 15) is 9.59 Å². The number of benzene rings is 2. The summed E-state index contributed by atoms with van der Waals surface area (Å²) < 4.78 is 22.0. The van der Waals surface area contributed by atoms with Crippen molar-refractivity contribution in [1.82, 2.24) is 10.2 Å². The molecule has 2 aliphatic rings. The van der Waals surface area contributed by atoms with E-state index >= 15 is 0 Å². The van der Waals surface area contributed by atoms with Gasteiger partial charge in [-0.3, -0.25) is 14.5 Å². The number of carbonyl (C=O) groups excluding carboxylic acids is 2. The standard InChI is InChI=1S/C31H42N2O6/c1-36-22-26-7-6-16-33(26)21-25(19-23-10-15-29-30(20-23)39-18-17-38-29)32-31(35)9-5-3-4-8-28(34)24-11-13-27(37-2)14-12-24/h10-15,20,25-26H,3-9,16-19,21-22H2,1-2H3,(H,32,35). The van der Waals surface area contributed by atoms with E-state index in [1.54, 1.807) is 38.5 Å². The monoisotopic (exact) mass is 538 g/mol. The molecule has 0 radical (unpaired) electrons. The Morgan fingerprint density at radius 2 is 1.77 bits per heavy atom. The van der Waals surface area contributed by atoms with E-state index in [-0.39, 0.29) is 17.7 Å². The third kappa shape index (κ3) is 8.70. The lowest BCUT2D eigenvalue weighted by Gasteiger charge is -2.29. The Bertz CT molecular complexity index is 1070. The van der Waals surface area contributed by atoms with Crippen molar-refractivity contribution in [3.63, 3.8) is 0 Å². The van der Waals surface area contributed by atoms with Crippen LogP contribution in [0.2, 0.25) is 0 Å². The summed E-state index contributed by atoms with van der Waals surface area (Å²) in [6.07, 6.45) is 6.28. The van der Waals surface area contributed by atoms with E-state index in [1.165, 1.54) is 0 Å². The van der Waals surface area contributed by atoms with E-state index in [2.05, 4.69) is 16.3 Å². The van der Waals surface area contributed by atoms with Gasteiger partial charge in [0.05, 0.1) is 13.7 Å². The second kappa shape index (κ2) is 14.9. The number of nitrogens with one attached hydrogen (secondary N) is 1. The van der Waals surface area contributed by atoms with Gasteiger partial charge in [-0.2, -0.15) is 0 Å². The fourth-order valence-electron chi connectivity index (χ4n) is 5.43. The van der Waals surface area contributed by atoms with Crippen molar-refractivity contribution in [3.05, 3.63) is 53.6 Å². The highest BCUT2D eigenvalue weighted by Crippen LogP contribution is 2.31. The minimum absolute atomic E-state index is 0.0193. The van der Waals surface area contributed by atoms with Crippen LogP contribution in [-0.2, 0) is 16.0 Å². The van der Waals surface area contributed by atoms with Crippen LogP contribution >= 0.6 is 0 Å². The van der Waals surface area contributed by atoms with Gasteiger partial charge < -0.3 is 24.3 Å². The molecule has 0 aromatic heterocycles. The van der Waals surface area contributed by atoms with Gasteiger partial charge in [-0.25, -0.2) is 0 Å². The third-order valence-corrected chi connectivity index (χ3v) is 7.49. The number of ether oxygens (including phenoxy) is 4. The van der Waals surface area contributed by atoms with Crippen LogP contribution in [0.5, 0.6) is 17.2 Å². The number of rotatable bonds is 15. The summed E-state index contributed by atoms with van der Waals surface area (Å²) in [5.74, 6) is 2.46. The molecule has 4 rings (SSSR count). The second-order valence-corrected chi connectivity index (χ2v) is 10.4. The highest BCUT2D eigenvalue weighted by molar-refractivity contribution is 5.96. The average molecular weight is 539 g/mol. The molecule has 212 valence electrons. The van der Waals surface area contributed by atoms with Gasteiger partial charge in [0.15, 0.2) is 17.3 Å². The lowest BCUT2D eigenvalue weighted by Crippen LogP contribution is -2.47. The van der Waals surface area contributed by atoms with Crippen LogP contribution in [0.25, 0.3) is 0 Å². The molecule has 0 bridgehead atoms. The van der Waals surface area contributed by atoms with Crippen LogP contribution in [0.3, 0.4) is 0 Å². The minimum Gasteiger partial charge on any atom is -0.497 e. The van der Waals surface area contributed by atoms with Gasteiger partial charge in [-0.1, -0.05) is 12.5 Å². The van der Waals surface area contributed by atoms with E-state index in [0.717, 1.165) is 74.4 Å². The maximum atomic E-state index is 13.0. The second-order valence-electron chi connectivity index (χ2n) is 10.4. The maximum Gasteiger partial charge on any atom is 0.220 e. The summed E-state index contributed by atoms with van der Waals surface area (Å²) in [6.45, 7) is 3.62. The van der Waals surface area contributed by atoms with E-state index in [1.807, 2.05) is 12.1 Å². The number of ketones is 1. The molecule has 0 saturated carbocycles. The number of nitrogens with zero attached hydrogens (tertiary/aromatic N) is 1. The molecule has 8 nitrogen and oxygen atoms in total. The zero-order valence-corrected chi connectivity index (χ0v) is 23.3. The molecule has 1 saturated heterocycles. The molecule has 2 unspecified atom stereocenters. The molecule has 2 atom stereocenters. The summed E-state index contributed by atoms with van der Waals surface area (Å²) in [5.41, 5.74) is 1.81. The number of hydrogen-bond donors (Lipinski definition) is 1. The van der Waals surface area contributed by atoms with E-state index < -0.39 is 0 Å². The molecule has 1 amide bonds. The minimum atomic E-state index is -0.0193. The number of methoxy groups -OCH3 is 2. The fraction of sp³-hybridized carbons (Fsp3) is 0.548. The Balaban J connectivity index is 1.26. The number of carbonyl (C=O) groups is 2. The SMILES string of the molecule is COCC1CCCN1CC(Cc1ccc2c(c1)OCCO2)NC(=O)CCCCCC(=O)c1ccc(OC)cc1. The van der Waals surface area contributed by atoms with Gasteiger partial charge in [0.1, 0.15) is 19.0 Å². The van der Waals surface area contributed by atoms with Crippen molar-refractivity contribution >= 4 is 11.7 Å². The van der Waals surface area contributed by atoms with Crippen molar-refractivity contribution in [2.75, 3.05) is 47.1 Å². The lowest BCUT2D eigenvalue weighted by molar-refractivity contribution is -0.122. The Hall–Kier alpha value is -3.10. The zero-order valence-electron chi connectivity index (χ0n) is 23.3. The van der Waals surface area contributed by atoms with Crippen molar-refractivity contribution in [2.45, 2.75) is 63.5 Å². The van der Waals surface area contributed by atoms with Crippen LogP contribution in [0.4, 0.5) is 0 Å². The van der Waals surface area contributed by atoms with Crippen molar-refractivity contribution in [1.29, 1.82) is 0 Å².